The van der Waals surface area contributed by atoms with E-state index in [-0.39, 0.29) is 71.0 Å². The molecule has 1 aromatic heterocycles. The van der Waals surface area contributed by atoms with Crippen molar-refractivity contribution in [3.8, 4) is 0 Å². The van der Waals surface area contributed by atoms with Crippen molar-refractivity contribution < 1.29 is 24.3 Å². The first-order valence-electron chi connectivity index (χ1n) is 15.2. The van der Waals surface area contributed by atoms with Gasteiger partial charge in [-0.15, -0.1) is 16.9 Å². The quantitative estimate of drug-likeness (QED) is 0.341. The second-order valence-electron chi connectivity index (χ2n) is 12.6. The first kappa shape index (κ1) is 29.2. The molecule has 14 heteroatoms. The van der Waals surface area contributed by atoms with E-state index in [9.17, 15) is 24.3 Å². The van der Waals surface area contributed by atoms with Crippen molar-refractivity contribution in [2.24, 2.45) is 17.8 Å². The van der Waals surface area contributed by atoms with Crippen LogP contribution in [0.5, 0.6) is 0 Å². The average molecular weight is 601 g/mol. The van der Waals surface area contributed by atoms with Gasteiger partial charge in [0.1, 0.15) is 18.6 Å². The Balaban J connectivity index is 1.11. The summed E-state index contributed by atoms with van der Waals surface area (Å²) in [7, 11) is 0. The summed E-state index contributed by atoms with van der Waals surface area (Å²) in [5.41, 5.74) is 0.0175. The first-order chi connectivity index (χ1) is 20.2. The van der Waals surface area contributed by atoms with Crippen LogP contribution in [0.1, 0.15) is 58.8 Å². The summed E-state index contributed by atoms with van der Waals surface area (Å²) < 4.78 is 1.35. The number of ketones is 1. The van der Waals surface area contributed by atoms with E-state index in [1.165, 1.54) is 27.7 Å². The van der Waals surface area contributed by atoms with Gasteiger partial charge in [0.05, 0.1) is 18.0 Å². The van der Waals surface area contributed by atoms with E-state index < -0.39 is 11.9 Å². The van der Waals surface area contributed by atoms with Crippen LogP contribution in [-0.4, -0.2) is 108 Å². The lowest BCUT2D eigenvalue weighted by Crippen LogP contribution is -2.62. The van der Waals surface area contributed by atoms with Crippen LogP contribution in [0.2, 0.25) is 0 Å². The number of aliphatic carboxylic acids is 1. The molecule has 6 atom stereocenters. The van der Waals surface area contributed by atoms with Crippen LogP contribution in [-0.2, 0) is 25.7 Å². The normalized spacial score (nSPS) is 31.3. The number of amides is 2. The van der Waals surface area contributed by atoms with Gasteiger partial charge in [-0.25, -0.2) is 9.48 Å². The van der Waals surface area contributed by atoms with Crippen LogP contribution in [0.3, 0.4) is 0 Å². The molecule has 5 aliphatic heterocycles. The lowest BCUT2D eigenvalue weighted by atomic mass is 9.73. The highest BCUT2D eigenvalue weighted by molar-refractivity contribution is 8.03. The molecule has 6 heterocycles. The number of likely N-dealkylation sites (tertiary alicyclic amines) is 1. The van der Waals surface area contributed by atoms with E-state index in [0.29, 0.717) is 17.9 Å². The number of β-lactam (4-membered cyclic amide) rings is 1. The molecular formula is C28H40N8O5S. The van der Waals surface area contributed by atoms with Gasteiger partial charge < -0.3 is 25.5 Å². The highest BCUT2D eigenvalue weighted by Gasteiger charge is 2.60. The van der Waals surface area contributed by atoms with Crippen LogP contribution < -0.4 is 10.6 Å². The predicted molar refractivity (Wildman–Crippen MR) is 153 cm³/mol. The van der Waals surface area contributed by atoms with Crippen molar-refractivity contribution in [3.05, 3.63) is 16.9 Å². The molecule has 0 bridgehead atoms. The van der Waals surface area contributed by atoms with Gasteiger partial charge in [-0.05, 0) is 68.0 Å². The van der Waals surface area contributed by atoms with Gasteiger partial charge in [0.2, 0.25) is 11.8 Å². The number of aromatic nitrogens is 4. The Kier molecular flexibility index (Phi) is 8.13. The summed E-state index contributed by atoms with van der Waals surface area (Å²) in [4.78, 5) is 56.4. The maximum Gasteiger partial charge on any atom is 0.353 e. The molecular weight excluding hydrogens is 560 g/mol. The third-order valence-electron chi connectivity index (χ3n) is 10.0. The van der Waals surface area contributed by atoms with E-state index in [0.717, 1.165) is 51.7 Å². The van der Waals surface area contributed by atoms with Gasteiger partial charge in [0, 0.05) is 41.1 Å². The molecule has 0 saturated carbocycles. The first-order valence-corrected chi connectivity index (χ1v) is 16.0. The van der Waals surface area contributed by atoms with Gasteiger partial charge in [-0.3, -0.25) is 14.4 Å². The molecule has 0 radical (unpaired) electrons. The minimum atomic E-state index is -1.11. The number of rotatable bonds is 9. The lowest BCUT2D eigenvalue weighted by molar-refractivity contribution is -0.160. The van der Waals surface area contributed by atoms with E-state index in [4.69, 9.17) is 0 Å². The number of hydrogen-bond acceptors (Lipinski definition) is 10. The third-order valence-corrected chi connectivity index (χ3v) is 11.5. The number of piperidine rings is 2. The van der Waals surface area contributed by atoms with Crippen molar-refractivity contribution in [2.75, 3.05) is 26.2 Å². The molecule has 4 saturated heterocycles. The fraction of sp³-hybridized carbons (Fsp3) is 0.750. The summed E-state index contributed by atoms with van der Waals surface area (Å²) in [6, 6.07) is -0.572. The molecule has 42 heavy (non-hydrogen) atoms. The monoisotopic (exact) mass is 600 g/mol. The van der Waals surface area contributed by atoms with E-state index in [1.54, 1.807) is 0 Å². The molecule has 6 rings (SSSR count). The van der Waals surface area contributed by atoms with Gasteiger partial charge in [0.15, 0.2) is 5.78 Å². The second-order valence-corrected chi connectivity index (χ2v) is 14.0. The predicted octanol–water partition coefficient (Wildman–Crippen LogP) is 0.640. The fourth-order valence-electron chi connectivity index (χ4n) is 7.95. The van der Waals surface area contributed by atoms with Crippen molar-refractivity contribution in [3.63, 3.8) is 0 Å². The number of thioether (sulfide) groups is 1. The Labute approximate surface area is 249 Å². The summed E-state index contributed by atoms with van der Waals surface area (Å²) >= 11 is 1.50. The summed E-state index contributed by atoms with van der Waals surface area (Å²) in [5, 5.41) is 27.9. The number of tetrazole rings is 1. The van der Waals surface area contributed by atoms with Crippen LogP contribution >= 0.6 is 11.8 Å². The van der Waals surface area contributed by atoms with Crippen LogP contribution in [0.25, 0.3) is 0 Å². The number of nitrogens with zero attached hydrogens (tertiary/aromatic N) is 6. The molecule has 4 fully saturated rings. The number of fused-ring (bicyclic) bond motifs is 1. The van der Waals surface area contributed by atoms with Crippen LogP contribution in [0, 0.1) is 17.8 Å². The van der Waals surface area contributed by atoms with Gasteiger partial charge in [-0.1, -0.05) is 13.8 Å². The number of carbonyl (C=O) groups excluding carboxylic acids is 3. The van der Waals surface area contributed by atoms with E-state index in [1.807, 2.05) is 13.8 Å². The van der Waals surface area contributed by atoms with Crippen molar-refractivity contribution in [2.45, 2.75) is 88.2 Å². The van der Waals surface area contributed by atoms with Crippen LogP contribution in [0.15, 0.2) is 16.9 Å². The van der Waals surface area contributed by atoms with Crippen LogP contribution in [0.4, 0.5) is 0 Å². The topological polar surface area (TPSA) is 163 Å². The standard InChI is InChI=1S/C28H40N8O5S/c1-16(11-18(37)14-34-15-31-32-33-34)21-22-17(2)24(23(27(40)41)36(22)26(21)39)42-19-12-20(30-13-19)25(38)35-10-4-3-5-28(35)6-8-29-9-7-28/h15-17,19-22,29-30H,3-14H2,1-2H3,(H,40,41)/t16-,17+,19-,20?,21+,22+/m0/s1. The van der Waals surface area contributed by atoms with Gasteiger partial charge >= 0.3 is 5.97 Å². The minimum absolute atomic E-state index is 0.0297. The molecule has 1 unspecified atom stereocenters. The Morgan fingerprint density at radius 2 is 2.00 bits per heavy atom. The fourth-order valence-corrected chi connectivity index (χ4v) is 9.43. The zero-order chi connectivity index (χ0) is 29.6. The molecule has 3 N–H and O–H groups in total. The molecule has 0 aliphatic carbocycles. The molecule has 1 aromatic rings. The molecule has 1 spiro atoms. The van der Waals surface area contributed by atoms with E-state index in [2.05, 4.69) is 31.1 Å². The summed E-state index contributed by atoms with van der Waals surface area (Å²) in [6.45, 7) is 7.17. The average Bonchev–Trinajstić information content (AvgIpc) is 3.69. The SMILES string of the molecule is C[C@@H](CC(=O)Cn1cnnn1)[C@H]1C(=O)N2C(C(=O)O)=C(S[C@@H]3CNC(C(=O)N4CCCCC45CCNCC5)C3)[C@H](C)[C@H]12. The summed E-state index contributed by atoms with van der Waals surface area (Å²) in [6.07, 6.45) is 7.42. The number of nitrogens with one attached hydrogen (secondary N) is 2. The zero-order valence-corrected chi connectivity index (χ0v) is 25.0. The van der Waals surface area contributed by atoms with Crippen molar-refractivity contribution in [1.82, 2.24) is 40.6 Å². The molecule has 13 nitrogen and oxygen atoms in total. The van der Waals surface area contributed by atoms with Gasteiger partial charge in [-0.2, -0.15) is 0 Å². The smallest absolute Gasteiger partial charge is 0.353 e. The molecule has 2 amide bonds. The molecule has 5 aliphatic rings. The molecule has 0 aromatic carbocycles. The Morgan fingerprint density at radius 1 is 1.21 bits per heavy atom. The summed E-state index contributed by atoms with van der Waals surface area (Å²) in [5.74, 6) is -2.10. The van der Waals surface area contributed by atoms with Gasteiger partial charge in [0.25, 0.3) is 0 Å². The molecule has 228 valence electrons. The second kappa shape index (κ2) is 11.7. The Hall–Kier alpha value is -2.84. The number of Topliss-reactive ketones (excluding diaryl/α,β-unsaturated/α-hetero) is 1. The Morgan fingerprint density at radius 3 is 2.71 bits per heavy atom. The highest BCUT2D eigenvalue weighted by Crippen LogP contribution is 2.53. The highest BCUT2D eigenvalue weighted by atomic mass is 32.2. The number of carboxylic acid groups (broad SMARTS) is 1. The largest absolute Gasteiger partial charge is 0.477 e. The maximum atomic E-state index is 13.8. The van der Waals surface area contributed by atoms with Crippen molar-refractivity contribution in [1.29, 1.82) is 0 Å². The number of carbonyl (C=O) groups is 4. The Bertz CT molecular complexity index is 1260. The minimum Gasteiger partial charge on any atom is -0.477 e. The van der Waals surface area contributed by atoms with E-state index >= 15 is 0 Å². The maximum absolute atomic E-state index is 13.8. The number of carboxylic acids is 1. The lowest BCUT2D eigenvalue weighted by Gasteiger charge is -2.50. The third kappa shape index (κ3) is 5.15. The number of hydrogen-bond donors (Lipinski definition) is 3. The zero-order valence-electron chi connectivity index (χ0n) is 24.2. The van der Waals surface area contributed by atoms with Crippen molar-refractivity contribution >= 4 is 35.3 Å².